The Morgan fingerprint density at radius 1 is 1.18 bits per heavy atom. The second-order valence-electron chi connectivity index (χ2n) is 6.48. The van der Waals surface area contributed by atoms with Crippen LogP contribution in [0.15, 0.2) is 53.0 Å². The first-order valence-corrected chi connectivity index (χ1v) is 10.3. The molecule has 0 atom stereocenters. The van der Waals surface area contributed by atoms with Gasteiger partial charge in [0.05, 0.1) is 35.0 Å². The summed E-state index contributed by atoms with van der Waals surface area (Å²) >= 11 is 1.20. The number of hydrogen-bond acceptors (Lipinski definition) is 11. The van der Waals surface area contributed by atoms with Crippen molar-refractivity contribution in [2.45, 2.75) is 5.16 Å². The molecule has 1 amide bonds. The summed E-state index contributed by atoms with van der Waals surface area (Å²) in [5.41, 5.74) is 1.93. The molecular weight excluding hydrogens is 470 g/mol. The Morgan fingerprint density at radius 3 is 2.59 bits per heavy atom. The van der Waals surface area contributed by atoms with Crippen LogP contribution in [0.3, 0.4) is 0 Å². The second-order valence-corrected chi connectivity index (χ2v) is 7.43. The first kappa shape index (κ1) is 24.1. The van der Waals surface area contributed by atoms with Gasteiger partial charge in [0.15, 0.2) is 16.7 Å². The number of nitrogens with one attached hydrogen (secondary N) is 1. The highest BCUT2D eigenvalue weighted by molar-refractivity contribution is 7.99. The molecule has 1 N–H and O–H groups in total. The molecule has 15 heteroatoms. The van der Waals surface area contributed by atoms with Crippen molar-refractivity contribution in [3.8, 4) is 17.2 Å². The van der Waals surface area contributed by atoms with Crippen molar-refractivity contribution in [2.24, 2.45) is 12.1 Å². The Hall–Kier alpha value is -4.53. The Morgan fingerprint density at radius 2 is 1.94 bits per heavy atom. The molecular formula is C19H17N7O7S. The first-order valence-electron chi connectivity index (χ1n) is 9.36. The molecule has 0 aliphatic heterocycles. The van der Waals surface area contributed by atoms with E-state index in [1.54, 1.807) is 17.7 Å². The number of aromatic nitrogens is 3. The molecule has 3 aromatic rings. The van der Waals surface area contributed by atoms with Crippen molar-refractivity contribution in [1.82, 2.24) is 20.2 Å². The number of nitro benzene ring substituents is 2. The van der Waals surface area contributed by atoms with Crippen LogP contribution >= 0.6 is 11.8 Å². The highest BCUT2D eigenvalue weighted by Crippen LogP contribution is 2.38. The monoisotopic (exact) mass is 487 g/mol. The number of nitro groups is 2. The molecule has 0 saturated heterocycles. The fourth-order valence-electron chi connectivity index (χ4n) is 2.56. The summed E-state index contributed by atoms with van der Waals surface area (Å²) in [6, 6.07) is 7.65. The summed E-state index contributed by atoms with van der Waals surface area (Å²) < 4.78 is 12.5. The minimum atomic E-state index is -0.777. The molecule has 0 aliphatic carbocycles. The normalized spacial score (nSPS) is 10.8. The third-order valence-electron chi connectivity index (χ3n) is 4.16. The van der Waals surface area contributed by atoms with Gasteiger partial charge in [-0.15, -0.1) is 10.2 Å². The summed E-state index contributed by atoms with van der Waals surface area (Å²) in [7, 11) is 3.14. The Bertz CT molecular complexity index is 1260. The molecule has 0 fully saturated rings. The van der Waals surface area contributed by atoms with Crippen molar-refractivity contribution in [3.63, 3.8) is 0 Å². The molecule has 0 bridgehead atoms. The van der Waals surface area contributed by atoms with E-state index in [0.29, 0.717) is 10.7 Å². The summed E-state index contributed by atoms with van der Waals surface area (Å²) in [6.45, 7) is 0. The van der Waals surface area contributed by atoms with Gasteiger partial charge in [-0.2, -0.15) is 5.10 Å². The highest BCUT2D eigenvalue weighted by atomic mass is 32.2. The summed E-state index contributed by atoms with van der Waals surface area (Å²) in [5.74, 6) is -0.0836. The van der Waals surface area contributed by atoms with Gasteiger partial charge in [0.2, 0.25) is 5.75 Å². The fraction of sp³-hybridized carbons (Fsp3) is 0.158. The van der Waals surface area contributed by atoms with Crippen LogP contribution in [0, 0.1) is 20.2 Å². The second kappa shape index (κ2) is 10.9. The van der Waals surface area contributed by atoms with Gasteiger partial charge >= 0.3 is 5.69 Å². The molecule has 34 heavy (non-hydrogen) atoms. The number of non-ortho nitro benzene ring substituents is 1. The SMILES string of the molecule is COc1cc(/C=N\NC(=O)CSc2nncn2C)ccc1Oc1ccc([N+](=O)[O-])cc1[N+](=O)[O-]. The number of nitrogens with zero attached hydrogens (tertiary/aromatic N) is 6. The fourth-order valence-corrected chi connectivity index (χ4v) is 3.24. The molecule has 0 unspecified atom stereocenters. The number of aryl methyl sites for hydroxylation is 1. The molecule has 14 nitrogen and oxygen atoms in total. The predicted molar refractivity (Wildman–Crippen MR) is 120 cm³/mol. The van der Waals surface area contributed by atoms with Crippen LogP contribution in [0.25, 0.3) is 0 Å². The van der Waals surface area contributed by atoms with E-state index in [0.717, 1.165) is 18.2 Å². The quantitative estimate of drug-likeness (QED) is 0.193. The third kappa shape index (κ3) is 6.04. The molecule has 3 rings (SSSR count). The van der Waals surface area contributed by atoms with Gasteiger partial charge in [-0.05, 0) is 29.8 Å². The lowest BCUT2D eigenvalue weighted by molar-refractivity contribution is -0.394. The smallest absolute Gasteiger partial charge is 0.318 e. The van der Waals surface area contributed by atoms with Gasteiger partial charge in [-0.3, -0.25) is 25.0 Å². The molecule has 176 valence electrons. The third-order valence-corrected chi connectivity index (χ3v) is 5.20. The number of carbonyl (C=O) groups excluding carboxylic acids is 1. The van der Waals surface area contributed by atoms with Crippen LogP contribution in [0.4, 0.5) is 11.4 Å². The summed E-state index contributed by atoms with van der Waals surface area (Å²) in [4.78, 5) is 32.6. The highest BCUT2D eigenvalue weighted by Gasteiger charge is 2.22. The molecule has 0 spiro atoms. The van der Waals surface area contributed by atoms with Crippen molar-refractivity contribution >= 4 is 35.3 Å². The van der Waals surface area contributed by atoms with E-state index in [9.17, 15) is 25.0 Å². The lowest BCUT2D eigenvalue weighted by atomic mass is 10.2. The summed E-state index contributed by atoms with van der Waals surface area (Å²) in [5, 5.41) is 34.3. The van der Waals surface area contributed by atoms with Gasteiger partial charge in [-0.25, -0.2) is 5.43 Å². The van der Waals surface area contributed by atoms with E-state index in [1.807, 2.05) is 0 Å². The predicted octanol–water partition coefficient (Wildman–Crippen LogP) is 2.67. The minimum absolute atomic E-state index is 0.0913. The number of hydrazone groups is 1. The first-order chi connectivity index (χ1) is 16.3. The molecule has 1 aromatic heterocycles. The molecule has 0 radical (unpaired) electrons. The van der Waals surface area contributed by atoms with E-state index in [-0.39, 0.29) is 28.9 Å². The molecule has 0 saturated carbocycles. The largest absolute Gasteiger partial charge is 0.493 e. The van der Waals surface area contributed by atoms with Gasteiger partial charge in [-0.1, -0.05) is 11.8 Å². The zero-order chi connectivity index (χ0) is 24.7. The van der Waals surface area contributed by atoms with Gasteiger partial charge in [0.1, 0.15) is 6.33 Å². The Labute approximate surface area is 195 Å². The van der Waals surface area contributed by atoms with Crippen molar-refractivity contribution in [1.29, 1.82) is 0 Å². The maximum atomic E-state index is 11.9. The summed E-state index contributed by atoms with van der Waals surface area (Å²) in [6.07, 6.45) is 2.91. The zero-order valence-electron chi connectivity index (χ0n) is 17.8. The number of carbonyl (C=O) groups is 1. The van der Waals surface area contributed by atoms with Crippen molar-refractivity contribution < 1.29 is 24.1 Å². The number of methoxy groups -OCH3 is 1. The number of thioether (sulfide) groups is 1. The zero-order valence-corrected chi connectivity index (χ0v) is 18.6. The lowest BCUT2D eigenvalue weighted by Crippen LogP contribution is -2.19. The van der Waals surface area contributed by atoms with Crippen molar-refractivity contribution in [3.05, 3.63) is 68.5 Å². The van der Waals surface area contributed by atoms with E-state index in [4.69, 9.17) is 9.47 Å². The molecule has 1 heterocycles. The maximum absolute atomic E-state index is 11.9. The minimum Gasteiger partial charge on any atom is -0.493 e. The maximum Gasteiger partial charge on any atom is 0.318 e. The van der Waals surface area contributed by atoms with E-state index in [1.165, 1.54) is 43.5 Å². The van der Waals surface area contributed by atoms with Gasteiger partial charge < -0.3 is 14.0 Å². The Kier molecular flexibility index (Phi) is 7.71. The number of rotatable bonds is 10. The van der Waals surface area contributed by atoms with E-state index < -0.39 is 21.2 Å². The lowest BCUT2D eigenvalue weighted by Gasteiger charge is -2.11. The average molecular weight is 487 g/mol. The Balaban J connectivity index is 1.67. The number of benzene rings is 2. The van der Waals surface area contributed by atoms with Crippen LogP contribution in [-0.2, 0) is 11.8 Å². The van der Waals surface area contributed by atoms with E-state index in [2.05, 4.69) is 20.7 Å². The number of ether oxygens (including phenoxy) is 2. The van der Waals surface area contributed by atoms with Crippen LogP contribution in [0.5, 0.6) is 17.2 Å². The molecule has 0 aliphatic rings. The van der Waals surface area contributed by atoms with Crippen molar-refractivity contribution in [2.75, 3.05) is 12.9 Å². The average Bonchev–Trinajstić information content (AvgIpc) is 3.23. The van der Waals surface area contributed by atoms with Crippen LogP contribution in [0.1, 0.15) is 5.56 Å². The van der Waals surface area contributed by atoms with Crippen LogP contribution < -0.4 is 14.9 Å². The van der Waals surface area contributed by atoms with Gasteiger partial charge in [0, 0.05) is 13.1 Å². The number of amides is 1. The van der Waals surface area contributed by atoms with Crippen LogP contribution in [-0.4, -0.2) is 49.6 Å². The number of hydrogen-bond donors (Lipinski definition) is 1. The topological polar surface area (TPSA) is 177 Å². The molecule has 2 aromatic carbocycles. The van der Waals surface area contributed by atoms with Gasteiger partial charge in [0.25, 0.3) is 11.6 Å². The van der Waals surface area contributed by atoms with Crippen LogP contribution in [0.2, 0.25) is 0 Å². The standard InChI is InChI=1S/C19H17N7O7S/c1-24-11-21-23-19(24)34-10-18(27)22-20-9-12-3-5-16(17(7-12)32-2)33-15-6-4-13(25(28)29)8-14(15)26(30)31/h3-9,11H,10H2,1-2H3,(H,22,27)/b20-9-. The van der Waals surface area contributed by atoms with E-state index >= 15 is 0 Å².